The highest BCUT2D eigenvalue weighted by Crippen LogP contribution is 2.11. The van der Waals surface area contributed by atoms with Gasteiger partial charge in [-0.1, -0.05) is 35.4 Å². The zero-order valence-electron chi connectivity index (χ0n) is 18.1. The average molecular weight is 497 g/mol. The Morgan fingerprint density at radius 1 is 0.818 bits per heavy atom. The lowest BCUT2D eigenvalue weighted by atomic mass is 10.2. The van der Waals surface area contributed by atoms with Crippen molar-refractivity contribution in [2.75, 3.05) is 6.61 Å². The molecular formula is C21H24N2O8S2. The minimum atomic E-state index is -4.08. The standard InChI is InChI=1S/C21H24N2O8S2/c1-15-6-10-18(11-7-15)32(26,27)22-20(24)30-14-4-5-17(3)31-21(25)23-33(28,29)19-12-8-16(2)9-13-19/h4-13,17H,14H2,1-3H3,(H,22,24)(H,23,25)/b5-4-. The van der Waals surface area contributed by atoms with Gasteiger partial charge in [0, 0.05) is 0 Å². The van der Waals surface area contributed by atoms with Crippen molar-refractivity contribution in [2.24, 2.45) is 0 Å². The number of benzene rings is 2. The summed E-state index contributed by atoms with van der Waals surface area (Å²) in [4.78, 5) is 23.4. The minimum Gasteiger partial charge on any atom is -0.445 e. The average Bonchev–Trinajstić information content (AvgIpc) is 2.71. The molecule has 0 heterocycles. The van der Waals surface area contributed by atoms with E-state index < -0.39 is 38.3 Å². The maximum Gasteiger partial charge on any atom is 0.421 e. The van der Waals surface area contributed by atoms with Crippen LogP contribution in [0.25, 0.3) is 0 Å². The number of rotatable bonds is 8. The molecule has 12 heteroatoms. The molecule has 10 nitrogen and oxygen atoms in total. The maximum absolute atomic E-state index is 12.2. The van der Waals surface area contributed by atoms with Crippen LogP contribution in [0.4, 0.5) is 9.59 Å². The third kappa shape index (κ3) is 8.24. The highest BCUT2D eigenvalue weighted by molar-refractivity contribution is 7.90. The van der Waals surface area contributed by atoms with E-state index in [-0.39, 0.29) is 16.4 Å². The van der Waals surface area contributed by atoms with Gasteiger partial charge in [-0.15, -0.1) is 0 Å². The van der Waals surface area contributed by atoms with Crippen molar-refractivity contribution in [3.63, 3.8) is 0 Å². The Morgan fingerprint density at radius 2 is 1.24 bits per heavy atom. The molecule has 2 N–H and O–H groups in total. The molecule has 0 aliphatic heterocycles. The van der Waals surface area contributed by atoms with E-state index in [0.717, 1.165) is 11.1 Å². The molecule has 2 rings (SSSR count). The molecule has 0 fully saturated rings. The second-order valence-electron chi connectivity index (χ2n) is 6.97. The van der Waals surface area contributed by atoms with Gasteiger partial charge in [-0.2, -0.15) is 0 Å². The molecule has 0 saturated carbocycles. The van der Waals surface area contributed by atoms with E-state index in [2.05, 4.69) is 0 Å². The number of carbonyl (C=O) groups excluding carboxylic acids is 2. The van der Waals surface area contributed by atoms with E-state index in [1.54, 1.807) is 47.6 Å². The first kappa shape index (κ1) is 25.9. The molecule has 33 heavy (non-hydrogen) atoms. The summed E-state index contributed by atoms with van der Waals surface area (Å²) in [5.41, 5.74) is 1.72. The number of ether oxygens (including phenoxy) is 2. The molecular weight excluding hydrogens is 472 g/mol. The van der Waals surface area contributed by atoms with E-state index in [0.29, 0.717) is 0 Å². The molecule has 0 bridgehead atoms. The fourth-order valence-corrected chi connectivity index (χ4v) is 4.18. The van der Waals surface area contributed by atoms with Crippen molar-refractivity contribution < 1.29 is 35.9 Å². The second kappa shape index (κ2) is 11.0. The van der Waals surface area contributed by atoms with Gasteiger partial charge in [0.1, 0.15) is 12.7 Å². The Labute approximate surface area is 192 Å². The summed E-state index contributed by atoms with van der Waals surface area (Å²) in [6.07, 6.45) is -0.586. The highest BCUT2D eigenvalue weighted by Gasteiger charge is 2.20. The van der Waals surface area contributed by atoms with Gasteiger partial charge in [-0.25, -0.2) is 35.9 Å². The molecule has 0 radical (unpaired) electrons. The van der Waals surface area contributed by atoms with Crippen LogP contribution in [-0.2, 0) is 29.5 Å². The molecule has 0 spiro atoms. The van der Waals surface area contributed by atoms with E-state index in [1.165, 1.54) is 43.3 Å². The first-order chi connectivity index (χ1) is 15.4. The van der Waals surface area contributed by atoms with Crippen LogP contribution in [0.15, 0.2) is 70.5 Å². The summed E-state index contributed by atoms with van der Waals surface area (Å²) in [5.74, 6) is 0. The number of aryl methyl sites for hydroxylation is 2. The van der Waals surface area contributed by atoms with Gasteiger partial charge >= 0.3 is 12.2 Å². The van der Waals surface area contributed by atoms with Gasteiger partial charge in [-0.05, 0) is 57.2 Å². The normalized spacial score (nSPS) is 12.7. The fourth-order valence-electron chi connectivity index (χ4n) is 2.40. The Kier molecular flexibility index (Phi) is 8.60. The largest absolute Gasteiger partial charge is 0.445 e. The van der Waals surface area contributed by atoms with Crippen LogP contribution in [-0.4, -0.2) is 41.7 Å². The monoisotopic (exact) mass is 496 g/mol. The van der Waals surface area contributed by atoms with Crippen LogP contribution in [0.2, 0.25) is 0 Å². The second-order valence-corrected chi connectivity index (χ2v) is 10.3. The molecule has 0 saturated heterocycles. The molecule has 2 aromatic carbocycles. The van der Waals surface area contributed by atoms with Crippen LogP contribution < -0.4 is 9.44 Å². The van der Waals surface area contributed by atoms with Crippen LogP contribution in [0.5, 0.6) is 0 Å². The van der Waals surface area contributed by atoms with Gasteiger partial charge in [0.2, 0.25) is 0 Å². The summed E-state index contributed by atoms with van der Waals surface area (Å²) in [6, 6.07) is 11.8. The molecule has 2 amide bonds. The van der Waals surface area contributed by atoms with Crippen LogP contribution in [0.1, 0.15) is 18.1 Å². The fraction of sp³-hybridized carbons (Fsp3) is 0.238. The third-order valence-corrected chi connectivity index (χ3v) is 6.76. The van der Waals surface area contributed by atoms with Crippen molar-refractivity contribution in [1.29, 1.82) is 0 Å². The molecule has 1 atom stereocenters. The number of amides is 2. The lowest BCUT2D eigenvalue weighted by Gasteiger charge is -2.11. The van der Waals surface area contributed by atoms with Crippen LogP contribution in [0, 0.1) is 13.8 Å². The Balaban J connectivity index is 1.79. The lowest BCUT2D eigenvalue weighted by molar-refractivity contribution is 0.132. The van der Waals surface area contributed by atoms with Crippen molar-refractivity contribution in [3.05, 3.63) is 71.8 Å². The molecule has 1 unspecified atom stereocenters. The summed E-state index contributed by atoms with van der Waals surface area (Å²) in [7, 11) is -8.16. The predicted octanol–water partition coefficient (Wildman–Crippen LogP) is 2.78. The number of nitrogens with one attached hydrogen (secondary N) is 2. The van der Waals surface area contributed by atoms with Gasteiger partial charge in [0.15, 0.2) is 0 Å². The molecule has 178 valence electrons. The summed E-state index contributed by atoms with van der Waals surface area (Å²) in [5, 5.41) is 0. The summed E-state index contributed by atoms with van der Waals surface area (Å²) in [6.45, 7) is 4.73. The highest BCUT2D eigenvalue weighted by atomic mass is 32.2. The zero-order valence-corrected chi connectivity index (χ0v) is 19.8. The molecule has 0 aliphatic carbocycles. The van der Waals surface area contributed by atoms with E-state index in [1.807, 2.05) is 0 Å². The Bertz CT molecular complexity index is 1220. The van der Waals surface area contributed by atoms with Gasteiger partial charge < -0.3 is 9.47 Å². The van der Waals surface area contributed by atoms with Crippen LogP contribution in [0.3, 0.4) is 0 Å². The van der Waals surface area contributed by atoms with Crippen molar-refractivity contribution in [1.82, 2.24) is 9.44 Å². The zero-order chi connectivity index (χ0) is 24.6. The number of sulfonamides is 2. The Hall–Kier alpha value is -3.38. The van der Waals surface area contributed by atoms with E-state index in [4.69, 9.17) is 9.47 Å². The smallest absolute Gasteiger partial charge is 0.421 e. The number of carbonyl (C=O) groups is 2. The molecule has 2 aromatic rings. The third-order valence-electron chi connectivity index (χ3n) is 4.11. The Morgan fingerprint density at radius 3 is 1.70 bits per heavy atom. The topological polar surface area (TPSA) is 145 Å². The van der Waals surface area contributed by atoms with Crippen molar-refractivity contribution in [3.8, 4) is 0 Å². The van der Waals surface area contributed by atoms with Crippen LogP contribution >= 0.6 is 0 Å². The molecule has 0 aromatic heterocycles. The minimum absolute atomic E-state index is 0.0887. The molecule has 0 aliphatic rings. The summed E-state index contributed by atoms with van der Waals surface area (Å²) < 4.78 is 61.8. The van der Waals surface area contributed by atoms with Gasteiger partial charge in [-0.3, -0.25) is 0 Å². The van der Waals surface area contributed by atoms with E-state index in [9.17, 15) is 26.4 Å². The predicted molar refractivity (Wildman–Crippen MR) is 119 cm³/mol. The SMILES string of the molecule is Cc1ccc(S(=O)(=O)NC(=O)OC/C=C\C(C)OC(=O)NS(=O)(=O)c2ccc(C)cc2)cc1. The number of hydrogen-bond acceptors (Lipinski definition) is 8. The number of hydrogen-bond donors (Lipinski definition) is 2. The van der Waals surface area contributed by atoms with Gasteiger partial charge in [0.25, 0.3) is 20.0 Å². The summed E-state index contributed by atoms with van der Waals surface area (Å²) >= 11 is 0. The van der Waals surface area contributed by atoms with E-state index >= 15 is 0 Å². The first-order valence-corrected chi connectivity index (χ1v) is 12.6. The van der Waals surface area contributed by atoms with Crippen molar-refractivity contribution in [2.45, 2.75) is 36.7 Å². The first-order valence-electron chi connectivity index (χ1n) is 9.62. The lowest BCUT2D eigenvalue weighted by Crippen LogP contribution is -2.33. The van der Waals surface area contributed by atoms with Gasteiger partial charge in [0.05, 0.1) is 9.79 Å². The quantitative estimate of drug-likeness (QED) is 0.531. The maximum atomic E-state index is 12.2. The van der Waals surface area contributed by atoms with Crippen molar-refractivity contribution >= 4 is 32.2 Å².